The molecular weight excluding hydrogens is 428 g/mol. The molecule has 1 atom stereocenters. The van der Waals surface area contributed by atoms with Crippen LogP contribution in [0, 0.1) is 6.92 Å². The minimum atomic E-state index is 0.0169. The Morgan fingerprint density at radius 2 is 1.61 bits per heavy atom. The molecular formula is C28H42N2O2S. The van der Waals surface area contributed by atoms with E-state index < -0.39 is 0 Å². The van der Waals surface area contributed by atoms with Crippen LogP contribution < -0.4 is 0 Å². The van der Waals surface area contributed by atoms with E-state index in [0.717, 1.165) is 24.8 Å². The maximum absolute atomic E-state index is 13.5. The summed E-state index contributed by atoms with van der Waals surface area (Å²) in [4.78, 5) is 31.5. The van der Waals surface area contributed by atoms with Gasteiger partial charge in [0.25, 0.3) is 0 Å². The van der Waals surface area contributed by atoms with Gasteiger partial charge in [0.1, 0.15) is 6.54 Å². The van der Waals surface area contributed by atoms with Gasteiger partial charge in [0.05, 0.1) is 6.54 Å². The average Bonchev–Trinajstić information content (AvgIpc) is 3.23. The van der Waals surface area contributed by atoms with E-state index in [4.69, 9.17) is 0 Å². The lowest BCUT2D eigenvalue weighted by atomic mass is 10.1. The monoisotopic (exact) mass is 470 g/mol. The number of hydrogen-bond donors (Lipinski definition) is 0. The number of benzene rings is 1. The van der Waals surface area contributed by atoms with Gasteiger partial charge < -0.3 is 9.80 Å². The Balaban J connectivity index is 2.06. The van der Waals surface area contributed by atoms with Gasteiger partial charge in [0.15, 0.2) is 0 Å². The summed E-state index contributed by atoms with van der Waals surface area (Å²) in [5, 5.41) is 2.07. The number of carbonyl (C=O) groups is 2. The van der Waals surface area contributed by atoms with Crippen LogP contribution in [-0.2, 0) is 22.7 Å². The second-order valence-corrected chi connectivity index (χ2v) is 10.1. The van der Waals surface area contributed by atoms with E-state index in [1.54, 1.807) is 11.3 Å². The van der Waals surface area contributed by atoms with Crippen LogP contribution in [0.3, 0.4) is 0 Å². The third-order valence-electron chi connectivity index (χ3n) is 6.36. The minimum absolute atomic E-state index is 0.0169. The molecule has 1 aromatic carbocycles. The maximum Gasteiger partial charge on any atom is 0.242 e. The highest BCUT2D eigenvalue weighted by Gasteiger charge is 2.25. The second kappa shape index (κ2) is 14.9. The van der Waals surface area contributed by atoms with Crippen LogP contribution >= 0.6 is 11.3 Å². The Bertz CT molecular complexity index is 833. The van der Waals surface area contributed by atoms with Gasteiger partial charge in [-0.05, 0) is 49.3 Å². The van der Waals surface area contributed by atoms with Crippen molar-refractivity contribution in [3.63, 3.8) is 0 Å². The Kier molecular flexibility index (Phi) is 12.2. The largest absolute Gasteiger partial charge is 0.332 e. The lowest BCUT2D eigenvalue weighted by molar-refractivity contribution is -0.143. The van der Waals surface area contributed by atoms with Gasteiger partial charge >= 0.3 is 0 Å². The van der Waals surface area contributed by atoms with E-state index in [0.29, 0.717) is 19.5 Å². The molecule has 1 unspecified atom stereocenters. The molecule has 2 aromatic rings. The van der Waals surface area contributed by atoms with Crippen molar-refractivity contribution in [3.8, 4) is 0 Å². The maximum atomic E-state index is 13.5. The van der Waals surface area contributed by atoms with Crippen molar-refractivity contribution in [2.75, 3.05) is 6.54 Å². The average molecular weight is 471 g/mol. The van der Waals surface area contributed by atoms with E-state index in [1.165, 1.54) is 36.1 Å². The number of nitrogens with zero attached hydrogens (tertiary/aromatic N) is 2. The second-order valence-electron chi connectivity index (χ2n) is 9.06. The molecule has 0 bridgehead atoms. The van der Waals surface area contributed by atoms with E-state index in [1.807, 2.05) is 28.0 Å². The summed E-state index contributed by atoms with van der Waals surface area (Å²) < 4.78 is 0. The summed E-state index contributed by atoms with van der Waals surface area (Å²) in [6, 6.07) is 12.3. The van der Waals surface area contributed by atoms with Gasteiger partial charge in [-0.25, -0.2) is 0 Å². The van der Waals surface area contributed by atoms with Crippen LogP contribution in [-0.4, -0.2) is 34.2 Å². The molecule has 0 saturated heterocycles. The first-order chi connectivity index (χ1) is 16.0. The molecule has 2 amide bonds. The van der Waals surface area contributed by atoms with Crippen molar-refractivity contribution in [1.82, 2.24) is 9.80 Å². The molecule has 0 fully saturated rings. The van der Waals surface area contributed by atoms with Gasteiger partial charge in [-0.2, -0.15) is 0 Å². The quantitative estimate of drug-likeness (QED) is 0.264. The van der Waals surface area contributed by atoms with Crippen molar-refractivity contribution in [3.05, 3.63) is 57.8 Å². The fourth-order valence-corrected chi connectivity index (χ4v) is 4.85. The normalized spacial score (nSPS) is 11.9. The molecule has 182 valence electrons. The molecule has 0 aliphatic rings. The Labute approximate surface area is 205 Å². The van der Waals surface area contributed by atoms with E-state index >= 15 is 0 Å². The predicted molar refractivity (Wildman–Crippen MR) is 139 cm³/mol. The van der Waals surface area contributed by atoms with Crippen molar-refractivity contribution >= 4 is 23.2 Å². The first kappa shape index (κ1) is 27.1. The van der Waals surface area contributed by atoms with Gasteiger partial charge in [-0.1, -0.05) is 76.3 Å². The molecule has 0 radical (unpaired) electrons. The molecule has 0 N–H and O–H groups in total. The molecule has 33 heavy (non-hydrogen) atoms. The zero-order valence-corrected chi connectivity index (χ0v) is 21.8. The van der Waals surface area contributed by atoms with Crippen LogP contribution in [0.2, 0.25) is 0 Å². The van der Waals surface area contributed by atoms with Crippen LogP contribution in [0.1, 0.15) is 88.1 Å². The summed E-state index contributed by atoms with van der Waals surface area (Å²) in [7, 11) is 0. The van der Waals surface area contributed by atoms with Gasteiger partial charge in [-0.3, -0.25) is 9.59 Å². The number of thiophene rings is 1. The summed E-state index contributed by atoms with van der Waals surface area (Å²) in [6.45, 7) is 9.72. The number of amides is 2. The first-order valence-corrected chi connectivity index (χ1v) is 13.5. The van der Waals surface area contributed by atoms with Gasteiger partial charge in [-0.15, -0.1) is 11.3 Å². The molecule has 4 nitrogen and oxygen atoms in total. The molecule has 1 heterocycles. The highest BCUT2D eigenvalue weighted by molar-refractivity contribution is 7.10. The SMILES string of the molecule is CCCCCCCCC(=O)N(CC(=O)N(Cc1ccccc1)Cc1sccc1C)C(C)CC. The molecule has 0 aliphatic heterocycles. The summed E-state index contributed by atoms with van der Waals surface area (Å²) in [5.74, 6) is 0.128. The topological polar surface area (TPSA) is 40.6 Å². The van der Waals surface area contributed by atoms with E-state index in [-0.39, 0.29) is 24.4 Å². The van der Waals surface area contributed by atoms with Gasteiger partial charge in [0.2, 0.25) is 11.8 Å². The minimum Gasteiger partial charge on any atom is -0.332 e. The standard InChI is InChI=1S/C28H42N2O2S/c1-5-7-8-9-10-14-17-27(31)30(24(4)6-2)22-28(32)29(20-25-15-12-11-13-16-25)21-26-23(3)18-19-33-26/h11-13,15-16,18-19,24H,5-10,14,17,20-22H2,1-4H3. The lowest BCUT2D eigenvalue weighted by Gasteiger charge is -2.31. The molecule has 0 aliphatic carbocycles. The fraction of sp³-hybridized carbons (Fsp3) is 0.571. The van der Waals surface area contributed by atoms with Crippen molar-refractivity contribution in [2.24, 2.45) is 0 Å². The lowest BCUT2D eigenvalue weighted by Crippen LogP contribution is -2.46. The van der Waals surface area contributed by atoms with Crippen LogP contribution in [0.5, 0.6) is 0 Å². The zero-order valence-electron chi connectivity index (χ0n) is 21.0. The van der Waals surface area contributed by atoms with E-state index in [9.17, 15) is 9.59 Å². The van der Waals surface area contributed by atoms with Crippen LogP contribution in [0.15, 0.2) is 41.8 Å². The summed E-state index contributed by atoms with van der Waals surface area (Å²) in [6.07, 6.45) is 8.31. The fourth-order valence-electron chi connectivity index (χ4n) is 3.93. The third-order valence-corrected chi connectivity index (χ3v) is 7.37. The molecule has 2 rings (SSSR count). The first-order valence-electron chi connectivity index (χ1n) is 12.6. The van der Waals surface area contributed by atoms with Crippen molar-refractivity contribution < 1.29 is 9.59 Å². The highest BCUT2D eigenvalue weighted by Crippen LogP contribution is 2.20. The molecule has 1 aromatic heterocycles. The van der Waals surface area contributed by atoms with Crippen molar-refractivity contribution in [2.45, 2.75) is 98.2 Å². The number of rotatable bonds is 15. The van der Waals surface area contributed by atoms with Gasteiger partial charge in [0, 0.05) is 23.9 Å². The predicted octanol–water partition coefficient (Wildman–Crippen LogP) is 6.96. The Morgan fingerprint density at radius 3 is 2.24 bits per heavy atom. The van der Waals surface area contributed by atoms with Crippen LogP contribution in [0.25, 0.3) is 0 Å². The highest BCUT2D eigenvalue weighted by atomic mass is 32.1. The van der Waals surface area contributed by atoms with Crippen LogP contribution in [0.4, 0.5) is 0 Å². The molecule has 0 saturated carbocycles. The summed E-state index contributed by atoms with van der Waals surface area (Å²) in [5.41, 5.74) is 2.32. The number of hydrogen-bond acceptors (Lipinski definition) is 3. The number of carbonyl (C=O) groups excluding carboxylic acids is 2. The number of aryl methyl sites for hydroxylation is 1. The smallest absolute Gasteiger partial charge is 0.242 e. The Morgan fingerprint density at radius 1 is 0.909 bits per heavy atom. The number of unbranched alkanes of at least 4 members (excludes halogenated alkanes) is 5. The third kappa shape index (κ3) is 9.32. The molecule has 0 spiro atoms. The summed E-state index contributed by atoms with van der Waals surface area (Å²) >= 11 is 1.69. The molecule has 5 heteroatoms. The van der Waals surface area contributed by atoms with Crippen molar-refractivity contribution in [1.29, 1.82) is 0 Å². The van der Waals surface area contributed by atoms with E-state index in [2.05, 4.69) is 51.3 Å². The Hall–Kier alpha value is -2.14. The zero-order chi connectivity index (χ0) is 24.1.